The molecule has 13 heavy (non-hydrogen) atoms. The van der Waals surface area contributed by atoms with E-state index in [1.807, 2.05) is 6.92 Å². The van der Waals surface area contributed by atoms with Gasteiger partial charge < -0.3 is 5.32 Å². The molecule has 0 spiro atoms. The highest BCUT2D eigenvalue weighted by Gasteiger charge is 2.02. The summed E-state index contributed by atoms with van der Waals surface area (Å²) in [5.41, 5.74) is 1.09. The third-order valence-electron chi connectivity index (χ3n) is 1.94. The van der Waals surface area contributed by atoms with Gasteiger partial charge in [-0.15, -0.1) is 6.58 Å². The Morgan fingerprint density at radius 3 is 2.62 bits per heavy atom. The standard InChI is InChI=1S/C11H14FN/c1-3-8-13-9(2)10-4-6-11(12)7-5-10/h3-7,9,13H,1,8H2,2H3/t9-/m0/s1. The van der Waals surface area contributed by atoms with Gasteiger partial charge in [0, 0.05) is 12.6 Å². The third kappa shape index (κ3) is 2.99. The summed E-state index contributed by atoms with van der Waals surface area (Å²) in [6.07, 6.45) is 1.81. The Bertz CT molecular complexity index is 266. The van der Waals surface area contributed by atoms with Crippen LogP contribution in [0, 0.1) is 5.82 Å². The molecule has 0 aromatic heterocycles. The monoisotopic (exact) mass is 179 g/mol. The van der Waals surface area contributed by atoms with Gasteiger partial charge in [-0.2, -0.15) is 0 Å². The summed E-state index contributed by atoms with van der Waals surface area (Å²) in [7, 11) is 0. The lowest BCUT2D eigenvalue weighted by molar-refractivity contribution is 0.606. The average molecular weight is 179 g/mol. The summed E-state index contributed by atoms with van der Waals surface area (Å²) >= 11 is 0. The van der Waals surface area contributed by atoms with E-state index in [0.717, 1.165) is 12.1 Å². The molecule has 1 rings (SSSR count). The number of rotatable bonds is 4. The molecule has 0 heterocycles. The molecule has 0 aliphatic carbocycles. The Hall–Kier alpha value is -1.15. The van der Waals surface area contributed by atoms with Crippen LogP contribution in [0.3, 0.4) is 0 Å². The molecule has 1 aromatic carbocycles. The predicted octanol–water partition coefficient (Wildman–Crippen LogP) is 2.66. The normalized spacial score (nSPS) is 12.5. The van der Waals surface area contributed by atoms with Crippen molar-refractivity contribution in [2.45, 2.75) is 13.0 Å². The van der Waals surface area contributed by atoms with Crippen molar-refractivity contribution < 1.29 is 4.39 Å². The van der Waals surface area contributed by atoms with Crippen molar-refractivity contribution >= 4 is 0 Å². The summed E-state index contributed by atoms with van der Waals surface area (Å²) in [5.74, 6) is -0.195. The Kier molecular flexibility index (Phi) is 3.65. The van der Waals surface area contributed by atoms with E-state index in [1.165, 1.54) is 12.1 Å². The fourth-order valence-corrected chi connectivity index (χ4v) is 1.13. The molecule has 1 nitrogen and oxygen atoms in total. The van der Waals surface area contributed by atoms with Crippen molar-refractivity contribution in [3.8, 4) is 0 Å². The molecule has 0 unspecified atom stereocenters. The van der Waals surface area contributed by atoms with E-state index in [4.69, 9.17) is 0 Å². The molecule has 1 atom stereocenters. The number of benzene rings is 1. The minimum absolute atomic E-state index is 0.195. The van der Waals surface area contributed by atoms with E-state index in [0.29, 0.717) is 0 Å². The van der Waals surface area contributed by atoms with Crippen LogP contribution >= 0.6 is 0 Å². The summed E-state index contributed by atoms with van der Waals surface area (Å²) in [4.78, 5) is 0. The Morgan fingerprint density at radius 2 is 2.08 bits per heavy atom. The molecule has 2 heteroatoms. The predicted molar refractivity (Wildman–Crippen MR) is 53.0 cm³/mol. The maximum atomic E-state index is 12.6. The first-order valence-electron chi connectivity index (χ1n) is 4.34. The molecule has 0 saturated heterocycles. The van der Waals surface area contributed by atoms with Gasteiger partial charge in [0.15, 0.2) is 0 Å². The lowest BCUT2D eigenvalue weighted by Crippen LogP contribution is -2.18. The first-order valence-corrected chi connectivity index (χ1v) is 4.34. The highest BCUT2D eigenvalue weighted by atomic mass is 19.1. The Balaban J connectivity index is 2.60. The maximum Gasteiger partial charge on any atom is 0.123 e. The van der Waals surface area contributed by atoms with Crippen LogP contribution in [0.25, 0.3) is 0 Å². The fourth-order valence-electron chi connectivity index (χ4n) is 1.13. The molecule has 70 valence electrons. The van der Waals surface area contributed by atoms with Gasteiger partial charge in [-0.05, 0) is 24.6 Å². The summed E-state index contributed by atoms with van der Waals surface area (Å²) in [5, 5.41) is 3.23. The van der Waals surface area contributed by atoms with Gasteiger partial charge in [0.25, 0.3) is 0 Å². The SMILES string of the molecule is C=CCN[C@@H](C)c1ccc(F)cc1. The van der Waals surface area contributed by atoms with Crippen LogP contribution in [0.5, 0.6) is 0 Å². The molecular weight excluding hydrogens is 165 g/mol. The first kappa shape index (κ1) is 9.93. The third-order valence-corrected chi connectivity index (χ3v) is 1.94. The highest BCUT2D eigenvalue weighted by Crippen LogP contribution is 2.12. The van der Waals surface area contributed by atoms with E-state index in [9.17, 15) is 4.39 Å². The largest absolute Gasteiger partial charge is 0.307 e. The number of hydrogen-bond donors (Lipinski definition) is 1. The van der Waals surface area contributed by atoms with E-state index in [1.54, 1.807) is 18.2 Å². The molecule has 0 amide bonds. The average Bonchev–Trinajstić information content (AvgIpc) is 2.15. The van der Waals surface area contributed by atoms with Crippen molar-refractivity contribution in [1.82, 2.24) is 5.32 Å². The van der Waals surface area contributed by atoms with Gasteiger partial charge in [0.2, 0.25) is 0 Å². The van der Waals surface area contributed by atoms with Crippen LogP contribution in [0.2, 0.25) is 0 Å². The van der Waals surface area contributed by atoms with Gasteiger partial charge in [0.05, 0.1) is 0 Å². The van der Waals surface area contributed by atoms with E-state index in [-0.39, 0.29) is 11.9 Å². The van der Waals surface area contributed by atoms with E-state index >= 15 is 0 Å². The van der Waals surface area contributed by atoms with Gasteiger partial charge in [-0.3, -0.25) is 0 Å². The molecule has 0 fully saturated rings. The van der Waals surface area contributed by atoms with Crippen molar-refractivity contribution in [1.29, 1.82) is 0 Å². The minimum Gasteiger partial charge on any atom is -0.307 e. The van der Waals surface area contributed by atoms with Crippen LogP contribution in [0.1, 0.15) is 18.5 Å². The van der Waals surface area contributed by atoms with E-state index < -0.39 is 0 Å². The van der Waals surface area contributed by atoms with Crippen LogP contribution < -0.4 is 5.32 Å². The van der Waals surface area contributed by atoms with Crippen molar-refractivity contribution in [3.05, 3.63) is 48.3 Å². The lowest BCUT2D eigenvalue weighted by Gasteiger charge is -2.12. The molecule has 0 saturated carbocycles. The maximum absolute atomic E-state index is 12.6. The quantitative estimate of drug-likeness (QED) is 0.701. The second-order valence-electron chi connectivity index (χ2n) is 2.97. The van der Waals surface area contributed by atoms with Gasteiger partial charge in [0.1, 0.15) is 5.82 Å². The summed E-state index contributed by atoms with van der Waals surface area (Å²) in [6, 6.07) is 6.76. The zero-order valence-corrected chi connectivity index (χ0v) is 7.76. The second kappa shape index (κ2) is 4.77. The molecule has 0 aliphatic rings. The molecule has 0 bridgehead atoms. The molecule has 1 aromatic rings. The first-order chi connectivity index (χ1) is 6.24. The van der Waals surface area contributed by atoms with Crippen LogP contribution in [0.4, 0.5) is 4.39 Å². The van der Waals surface area contributed by atoms with Crippen LogP contribution in [0.15, 0.2) is 36.9 Å². The van der Waals surface area contributed by atoms with E-state index in [2.05, 4.69) is 11.9 Å². The number of halogens is 1. The molecule has 0 aliphatic heterocycles. The minimum atomic E-state index is -0.195. The molecule has 1 N–H and O–H groups in total. The van der Waals surface area contributed by atoms with Crippen molar-refractivity contribution in [2.75, 3.05) is 6.54 Å². The topological polar surface area (TPSA) is 12.0 Å². The van der Waals surface area contributed by atoms with Gasteiger partial charge in [-0.1, -0.05) is 18.2 Å². The van der Waals surface area contributed by atoms with Gasteiger partial charge in [-0.25, -0.2) is 4.39 Å². The van der Waals surface area contributed by atoms with Gasteiger partial charge >= 0.3 is 0 Å². The lowest BCUT2D eigenvalue weighted by atomic mass is 10.1. The number of nitrogens with one attached hydrogen (secondary N) is 1. The molecule has 0 radical (unpaired) electrons. The zero-order valence-electron chi connectivity index (χ0n) is 7.76. The smallest absolute Gasteiger partial charge is 0.123 e. The molecular formula is C11H14FN. The van der Waals surface area contributed by atoms with Crippen molar-refractivity contribution in [3.63, 3.8) is 0 Å². The van der Waals surface area contributed by atoms with Crippen LogP contribution in [-0.4, -0.2) is 6.54 Å². The zero-order chi connectivity index (χ0) is 9.68. The van der Waals surface area contributed by atoms with Crippen molar-refractivity contribution in [2.24, 2.45) is 0 Å². The van der Waals surface area contributed by atoms with Crippen LogP contribution in [-0.2, 0) is 0 Å². The Labute approximate surface area is 78.3 Å². The second-order valence-corrected chi connectivity index (χ2v) is 2.97. The number of hydrogen-bond acceptors (Lipinski definition) is 1. The summed E-state index contributed by atoms with van der Waals surface area (Å²) < 4.78 is 12.6. The summed E-state index contributed by atoms with van der Waals surface area (Å²) in [6.45, 7) is 6.42. The Morgan fingerprint density at radius 1 is 1.46 bits per heavy atom. The highest BCUT2D eigenvalue weighted by molar-refractivity contribution is 5.19. The fraction of sp³-hybridized carbons (Fsp3) is 0.273.